The summed E-state index contributed by atoms with van der Waals surface area (Å²) in [7, 11) is 3.95. The maximum absolute atomic E-state index is 5.53. The molecule has 2 heteroatoms. The molecule has 0 bridgehead atoms. The van der Waals surface area contributed by atoms with E-state index in [1.807, 2.05) is 7.11 Å². The van der Waals surface area contributed by atoms with E-state index in [4.69, 9.17) is 4.74 Å². The monoisotopic (exact) mass is 211 g/mol. The van der Waals surface area contributed by atoms with Crippen molar-refractivity contribution < 1.29 is 4.74 Å². The topological polar surface area (TPSA) is 21.3 Å². The zero-order valence-electron chi connectivity index (χ0n) is 10.2. The zero-order chi connectivity index (χ0) is 10.7. The van der Waals surface area contributed by atoms with Crippen molar-refractivity contribution in [1.29, 1.82) is 0 Å². The Morgan fingerprint density at radius 3 is 1.93 bits per heavy atom. The van der Waals surface area contributed by atoms with Crippen LogP contribution in [0.3, 0.4) is 0 Å². The van der Waals surface area contributed by atoms with Crippen LogP contribution in [0.5, 0.6) is 0 Å². The number of hydrogen-bond donors (Lipinski definition) is 1. The molecule has 88 valence electrons. The van der Waals surface area contributed by atoms with E-state index in [2.05, 4.69) is 12.4 Å². The molecular formula is C13H25NO. The van der Waals surface area contributed by atoms with E-state index < -0.39 is 0 Å². The molecule has 0 radical (unpaired) electrons. The fraction of sp³-hybridized carbons (Fsp3) is 1.00. The molecule has 0 saturated heterocycles. The number of rotatable bonds is 6. The number of nitrogens with one attached hydrogen (secondary N) is 1. The highest BCUT2D eigenvalue weighted by molar-refractivity contribution is 4.99. The molecule has 0 heterocycles. The molecule has 0 aromatic carbocycles. The summed E-state index contributed by atoms with van der Waals surface area (Å²) in [5.41, 5.74) is 0.458. The molecule has 0 aliphatic heterocycles. The maximum Gasteiger partial charge on any atom is 0.0536 e. The van der Waals surface area contributed by atoms with Crippen LogP contribution in [0.25, 0.3) is 0 Å². The lowest BCUT2D eigenvalue weighted by molar-refractivity contribution is -0.0705. The van der Waals surface area contributed by atoms with Gasteiger partial charge in [0.1, 0.15) is 0 Å². The molecule has 0 aromatic heterocycles. The molecule has 2 saturated carbocycles. The van der Waals surface area contributed by atoms with Gasteiger partial charge in [0.2, 0.25) is 0 Å². The third kappa shape index (κ3) is 1.94. The molecular weight excluding hydrogens is 186 g/mol. The van der Waals surface area contributed by atoms with Gasteiger partial charge in [-0.3, -0.25) is 0 Å². The first-order chi connectivity index (χ1) is 7.33. The third-order valence-corrected chi connectivity index (χ3v) is 4.76. The Morgan fingerprint density at radius 1 is 1.13 bits per heavy atom. The van der Waals surface area contributed by atoms with Crippen molar-refractivity contribution in [2.75, 3.05) is 27.3 Å². The molecule has 0 amide bonds. The smallest absolute Gasteiger partial charge is 0.0536 e. The van der Waals surface area contributed by atoms with Crippen LogP contribution in [0.1, 0.15) is 38.5 Å². The van der Waals surface area contributed by atoms with Gasteiger partial charge in [0, 0.05) is 19.1 Å². The van der Waals surface area contributed by atoms with Crippen LogP contribution in [-0.2, 0) is 4.74 Å². The number of hydrogen-bond acceptors (Lipinski definition) is 2. The molecule has 0 atom stereocenters. The lowest BCUT2D eigenvalue weighted by atomic mass is 9.54. The Balaban J connectivity index is 2.07. The average molecular weight is 211 g/mol. The first kappa shape index (κ1) is 11.4. The first-order valence-corrected chi connectivity index (χ1v) is 6.47. The Labute approximate surface area is 93.8 Å². The summed E-state index contributed by atoms with van der Waals surface area (Å²) in [6.45, 7) is 2.11. The van der Waals surface area contributed by atoms with Crippen LogP contribution in [0, 0.1) is 17.3 Å². The second kappa shape index (κ2) is 4.84. The fourth-order valence-corrected chi connectivity index (χ4v) is 3.47. The summed E-state index contributed by atoms with van der Waals surface area (Å²) in [5.74, 6) is 1.85. The third-order valence-electron chi connectivity index (χ3n) is 4.76. The van der Waals surface area contributed by atoms with Crippen LogP contribution in [-0.4, -0.2) is 27.3 Å². The molecule has 2 aliphatic rings. The van der Waals surface area contributed by atoms with Crippen molar-refractivity contribution in [3.63, 3.8) is 0 Å². The highest BCUT2D eigenvalue weighted by Gasteiger charge is 2.48. The highest BCUT2D eigenvalue weighted by atomic mass is 16.5. The lowest BCUT2D eigenvalue weighted by Crippen LogP contribution is -2.52. The molecule has 0 spiro atoms. The molecule has 2 fully saturated rings. The van der Waals surface area contributed by atoms with Gasteiger partial charge in [0.05, 0.1) is 6.61 Å². The summed E-state index contributed by atoms with van der Waals surface area (Å²) < 4.78 is 5.53. The van der Waals surface area contributed by atoms with Crippen molar-refractivity contribution >= 4 is 0 Å². The Bertz CT molecular complexity index is 175. The second-order valence-corrected chi connectivity index (χ2v) is 5.45. The molecule has 0 unspecified atom stereocenters. The Kier molecular flexibility index (Phi) is 3.68. The number of methoxy groups -OCH3 is 1. The molecule has 0 aromatic rings. The zero-order valence-corrected chi connectivity index (χ0v) is 10.2. The quantitative estimate of drug-likeness (QED) is 0.728. The molecule has 1 N–H and O–H groups in total. The first-order valence-electron chi connectivity index (χ1n) is 6.47. The predicted octanol–water partition coefficient (Wildman–Crippen LogP) is 2.44. The summed E-state index contributed by atoms with van der Waals surface area (Å²) in [6.07, 6.45) is 8.60. The normalized spacial score (nSPS) is 23.6. The SMILES string of the molecule is CNCC(COC)(C1CCC1)C1CCC1. The van der Waals surface area contributed by atoms with E-state index in [1.54, 1.807) is 0 Å². The fourth-order valence-electron chi connectivity index (χ4n) is 3.47. The van der Waals surface area contributed by atoms with Crippen molar-refractivity contribution in [2.24, 2.45) is 17.3 Å². The van der Waals surface area contributed by atoms with Gasteiger partial charge in [-0.2, -0.15) is 0 Å². The van der Waals surface area contributed by atoms with Gasteiger partial charge in [0.15, 0.2) is 0 Å². The van der Waals surface area contributed by atoms with Gasteiger partial charge in [-0.25, -0.2) is 0 Å². The summed E-state index contributed by atoms with van der Waals surface area (Å²) >= 11 is 0. The summed E-state index contributed by atoms with van der Waals surface area (Å²) in [6, 6.07) is 0. The van der Waals surface area contributed by atoms with Crippen LogP contribution in [0.15, 0.2) is 0 Å². The molecule has 2 rings (SSSR count). The van der Waals surface area contributed by atoms with Gasteiger partial charge in [-0.15, -0.1) is 0 Å². The highest BCUT2D eigenvalue weighted by Crippen LogP contribution is 2.52. The van der Waals surface area contributed by atoms with Crippen LogP contribution < -0.4 is 5.32 Å². The van der Waals surface area contributed by atoms with E-state index in [-0.39, 0.29) is 0 Å². The van der Waals surface area contributed by atoms with E-state index in [0.717, 1.165) is 25.0 Å². The Morgan fingerprint density at radius 2 is 1.67 bits per heavy atom. The van der Waals surface area contributed by atoms with E-state index in [0.29, 0.717) is 5.41 Å². The molecule has 2 aliphatic carbocycles. The van der Waals surface area contributed by atoms with Crippen molar-refractivity contribution in [1.82, 2.24) is 5.32 Å². The summed E-state index contributed by atoms with van der Waals surface area (Å²) in [5, 5.41) is 3.41. The van der Waals surface area contributed by atoms with Gasteiger partial charge < -0.3 is 10.1 Å². The number of ether oxygens (including phenoxy) is 1. The standard InChI is InChI=1S/C13H25NO/c1-14-9-13(10-15-2,11-5-3-6-11)12-7-4-8-12/h11-12,14H,3-10H2,1-2H3. The van der Waals surface area contributed by atoms with Crippen molar-refractivity contribution in [3.8, 4) is 0 Å². The second-order valence-electron chi connectivity index (χ2n) is 5.45. The molecule has 15 heavy (non-hydrogen) atoms. The van der Waals surface area contributed by atoms with Crippen molar-refractivity contribution in [3.05, 3.63) is 0 Å². The average Bonchev–Trinajstić information content (AvgIpc) is 1.97. The summed E-state index contributed by atoms with van der Waals surface area (Å²) in [4.78, 5) is 0. The van der Waals surface area contributed by atoms with Gasteiger partial charge in [-0.05, 0) is 44.6 Å². The van der Waals surface area contributed by atoms with Gasteiger partial charge in [0.25, 0.3) is 0 Å². The van der Waals surface area contributed by atoms with Gasteiger partial charge >= 0.3 is 0 Å². The van der Waals surface area contributed by atoms with Crippen LogP contribution in [0.2, 0.25) is 0 Å². The Hall–Kier alpha value is -0.0800. The van der Waals surface area contributed by atoms with Crippen LogP contribution in [0.4, 0.5) is 0 Å². The largest absolute Gasteiger partial charge is 0.384 e. The van der Waals surface area contributed by atoms with Crippen molar-refractivity contribution in [2.45, 2.75) is 38.5 Å². The minimum Gasteiger partial charge on any atom is -0.384 e. The molecule has 2 nitrogen and oxygen atoms in total. The lowest BCUT2D eigenvalue weighted by Gasteiger charge is -2.53. The maximum atomic E-state index is 5.53. The van der Waals surface area contributed by atoms with Gasteiger partial charge in [-0.1, -0.05) is 12.8 Å². The van der Waals surface area contributed by atoms with Crippen LogP contribution >= 0.6 is 0 Å². The van der Waals surface area contributed by atoms with E-state index in [1.165, 1.54) is 38.5 Å². The predicted molar refractivity (Wildman–Crippen MR) is 62.9 cm³/mol. The van der Waals surface area contributed by atoms with E-state index in [9.17, 15) is 0 Å². The minimum atomic E-state index is 0.458. The minimum absolute atomic E-state index is 0.458. The van der Waals surface area contributed by atoms with E-state index >= 15 is 0 Å².